The first kappa shape index (κ1) is 11.7. The van der Waals surface area contributed by atoms with Crippen LogP contribution in [0.15, 0.2) is 10.3 Å². The molecule has 1 N–H and O–H groups in total. The van der Waals surface area contributed by atoms with E-state index in [0.717, 1.165) is 0 Å². The molecule has 0 rings (SSSR count). The molecule has 4 nitrogen and oxygen atoms in total. The van der Waals surface area contributed by atoms with Gasteiger partial charge in [0, 0.05) is 0 Å². The van der Waals surface area contributed by atoms with Crippen LogP contribution in [0, 0.1) is 5.21 Å². The summed E-state index contributed by atoms with van der Waals surface area (Å²) in [5.41, 5.74) is 0.451. The second kappa shape index (κ2) is 6.07. The molecule has 0 aromatic carbocycles. The SMILES string of the molecule is CC(=N\[O-])/C(C)=N/O.[Na+]. The number of hydrogen-bond acceptors (Lipinski definition) is 4. The maximum atomic E-state index is 9.63. The fourth-order valence-corrected chi connectivity index (χ4v) is 0.138. The molecule has 0 amide bonds. The van der Waals surface area contributed by atoms with Gasteiger partial charge in [0.2, 0.25) is 0 Å². The van der Waals surface area contributed by atoms with Gasteiger partial charge < -0.3 is 15.6 Å². The van der Waals surface area contributed by atoms with Crippen LogP contribution in [0.5, 0.6) is 0 Å². The molecule has 0 spiro atoms. The van der Waals surface area contributed by atoms with Crippen LogP contribution < -0.4 is 29.6 Å². The smallest absolute Gasteiger partial charge is 0.792 e. The molecule has 0 unspecified atom stereocenters. The molecule has 0 radical (unpaired) electrons. The normalized spacial score (nSPS) is 12.7. The van der Waals surface area contributed by atoms with E-state index in [0.29, 0.717) is 0 Å². The summed E-state index contributed by atoms with van der Waals surface area (Å²) in [5.74, 6) is 0. The molecule has 9 heavy (non-hydrogen) atoms. The summed E-state index contributed by atoms with van der Waals surface area (Å²) in [6, 6.07) is 0. The van der Waals surface area contributed by atoms with Gasteiger partial charge in [-0.05, 0) is 13.8 Å². The summed E-state index contributed by atoms with van der Waals surface area (Å²) in [7, 11) is 0. The Labute approximate surface area is 75.5 Å². The van der Waals surface area contributed by atoms with Crippen LogP contribution in [0.4, 0.5) is 0 Å². The molecule has 0 aliphatic rings. The van der Waals surface area contributed by atoms with Crippen LogP contribution in [-0.4, -0.2) is 16.6 Å². The molecule has 0 bridgehead atoms. The molecule has 5 heteroatoms. The van der Waals surface area contributed by atoms with Crippen molar-refractivity contribution in [2.24, 2.45) is 10.3 Å². The number of rotatable bonds is 1. The van der Waals surface area contributed by atoms with Crippen molar-refractivity contribution in [2.45, 2.75) is 13.8 Å². The Hall–Kier alpha value is -0.0600. The van der Waals surface area contributed by atoms with Crippen molar-refractivity contribution in [3.8, 4) is 0 Å². The van der Waals surface area contributed by atoms with Gasteiger partial charge >= 0.3 is 29.6 Å². The largest absolute Gasteiger partial charge is 1.00 e. The van der Waals surface area contributed by atoms with Crippen molar-refractivity contribution >= 4 is 11.4 Å². The summed E-state index contributed by atoms with van der Waals surface area (Å²) in [6.07, 6.45) is 0. The molecule has 46 valence electrons. The zero-order valence-electron chi connectivity index (χ0n) is 5.75. The van der Waals surface area contributed by atoms with E-state index in [2.05, 4.69) is 10.3 Å². The fraction of sp³-hybridized carbons (Fsp3) is 0.500. The van der Waals surface area contributed by atoms with Crippen LogP contribution in [-0.2, 0) is 0 Å². The Morgan fingerprint density at radius 2 is 1.78 bits per heavy atom. The molecule has 0 atom stereocenters. The molecular weight excluding hydrogens is 131 g/mol. The van der Waals surface area contributed by atoms with Gasteiger partial charge in [-0.25, -0.2) is 0 Å². The molecule has 0 aliphatic carbocycles. The minimum Gasteiger partial charge on any atom is -0.792 e. The van der Waals surface area contributed by atoms with Gasteiger partial charge in [0.1, 0.15) is 0 Å². The summed E-state index contributed by atoms with van der Waals surface area (Å²) < 4.78 is 0. The predicted octanol–water partition coefficient (Wildman–Crippen LogP) is -2.20. The summed E-state index contributed by atoms with van der Waals surface area (Å²) in [4.78, 5) is 0. The average molecular weight is 138 g/mol. The molecule has 0 aromatic heterocycles. The Kier molecular flexibility index (Phi) is 7.89. The third-order valence-corrected chi connectivity index (χ3v) is 0.811. The molecule has 0 fully saturated rings. The van der Waals surface area contributed by atoms with Crippen molar-refractivity contribution in [1.29, 1.82) is 0 Å². The van der Waals surface area contributed by atoms with Crippen LogP contribution >= 0.6 is 0 Å². The monoisotopic (exact) mass is 138 g/mol. The zero-order valence-corrected chi connectivity index (χ0v) is 7.75. The molecule has 0 aliphatic heterocycles. The van der Waals surface area contributed by atoms with E-state index in [1.165, 1.54) is 13.8 Å². The minimum atomic E-state index is 0. The second-order valence-corrected chi connectivity index (χ2v) is 1.36. The minimum absolute atomic E-state index is 0. The zero-order chi connectivity index (χ0) is 6.57. The van der Waals surface area contributed by atoms with Gasteiger partial charge in [0.25, 0.3) is 0 Å². The molecule has 0 saturated heterocycles. The predicted molar refractivity (Wildman–Crippen MR) is 31.4 cm³/mol. The van der Waals surface area contributed by atoms with Crippen LogP contribution in [0.2, 0.25) is 0 Å². The van der Waals surface area contributed by atoms with E-state index < -0.39 is 0 Å². The van der Waals surface area contributed by atoms with E-state index >= 15 is 0 Å². The Balaban J connectivity index is 0. The van der Waals surface area contributed by atoms with Gasteiger partial charge in [0.05, 0.1) is 11.4 Å². The van der Waals surface area contributed by atoms with Crippen molar-refractivity contribution in [3.05, 3.63) is 5.21 Å². The van der Waals surface area contributed by atoms with E-state index in [4.69, 9.17) is 5.21 Å². The first-order valence-electron chi connectivity index (χ1n) is 2.08. The topological polar surface area (TPSA) is 68.0 Å². The van der Waals surface area contributed by atoms with E-state index in [1.54, 1.807) is 0 Å². The van der Waals surface area contributed by atoms with Gasteiger partial charge in [-0.1, -0.05) is 5.16 Å². The third-order valence-electron chi connectivity index (χ3n) is 0.811. The molecule has 0 aromatic rings. The second-order valence-electron chi connectivity index (χ2n) is 1.36. The summed E-state index contributed by atoms with van der Waals surface area (Å²) in [5, 5.41) is 22.9. The summed E-state index contributed by atoms with van der Waals surface area (Å²) in [6.45, 7) is 2.97. The maximum Gasteiger partial charge on any atom is 1.00 e. The van der Waals surface area contributed by atoms with E-state index in [-0.39, 0.29) is 41.0 Å². The van der Waals surface area contributed by atoms with Gasteiger partial charge in [0.15, 0.2) is 0 Å². The van der Waals surface area contributed by atoms with E-state index in [9.17, 15) is 5.21 Å². The Morgan fingerprint density at radius 3 is 1.89 bits per heavy atom. The third kappa shape index (κ3) is 4.44. The summed E-state index contributed by atoms with van der Waals surface area (Å²) >= 11 is 0. The van der Waals surface area contributed by atoms with Gasteiger partial charge in [-0.15, -0.1) is 0 Å². The first-order chi connectivity index (χ1) is 3.72. The van der Waals surface area contributed by atoms with Crippen LogP contribution in [0.3, 0.4) is 0 Å². The van der Waals surface area contributed by atoms with Gasteiger partial charge in [-0.2, -0.15) is 0 Å². The molecule has 0 heterocycles. The van der Waals surface area contributed by atoms with Crippen molar-refractivity contribution < 1.29 is 34.8 Å². The number of nitrogens with zero attached hydrogens (tertiary/aromatic N) is 2. The van der Waals surface area contributed by atoms with Crippen LogP contribution in [0.1, 0.15) is 13.8 Å². The standard InChI is InChI=1S/C4H8N2O2.Na/c1-3(5-7)4(2)6-8;/h7-8H,1-2H3;/q;+1/p-1/b5-3+,6-4+;. The quantitative estimate of drug-likeness (QED) is 0.193. The van der Waals surface area contributed by atoms with Gasteiger partial charge in [-0.3, -0.25) is 0 Å². The molecule has 0 saturated carbocycles. The fourth-order valence-electron chi connectivity index (χ4n) is 0.138. The van der Waals surface area contributed by atoms with Crippen molar-refractivity contribution in [1.82, 2.24) is 0 Å². The maximum absolute atomic E-state index is 9.63. The average Bonchev–Trinajstić information content (AvgIpc) is 1.84. The first-order valence-corrected chi connectivity index (χ1v) is 2.08. The number of oxime groups is 1. The van der Waals surface area contributed by atoms with Crippen molar-refractivity contribution in [2.75, 3.05) is 0 Å². The molecular formula is C4H7N2NaO2. The van der Waals surface area contributed by atoms with Crippen LogP contribution in [0.25, 0.3) is 0 Å². The van der Waals surface area contributed by atoms with Crippen molar-refractivity contribution in [3.63, 3.8) is 0 Å². The Bertz CT molecular complexity index is 117. The number of hydrogen-bond donors (Lipinski definition) is 1. The Morgan fingerprint density at radius 1 is 1.33 bits per heavy atom. The van der Waals surface area contributed by atoms with E-state index in [1.807, 2.05) is 0 Å².